The van der Waals surface area contributed by atoms with E-state index in [1.807, 2.05) is 6.92 Å². The summed E-state index contributed by atoms with van der Waals surface area (Å²) in [6, 6.07) is 1.50. The fourth-order valence-electron chi connectivity index (χ4n) is 2.73. The van der Waals surface area contributed by atoms with Crippen molar-refractivity contribution in [1.29, 1.82) is 0 Å². The van der Waals surface area contributed by atoms with E-state index in [2.05, 4.69) is 15.5 Å². The van der Waals surface area contributed by atoms with Crippen molar-refractivity contribution in [2.75, 3.05) is 39.8 Å². The van der Waals surface area contributed by atoms with Crippen LogP contribution in [-0.2, 0) is 21.2 Å². The highest BCUT2D eigenvalue weighted by Gasteiger charge is 2.27. The van der Waals surface area contributed by atoms with Gasteiger partial charge in [0.2, 0.25) is 15.9 Å². The second kappa shape index (κ2) is 8.30. The number of rotatable bonds is 5. The van der Waals surface area contributed by atoms with Crippen LogP contribution in [0.2, 0.25) is 0 Å². The molecule has 0 bridgehead atoms. The Kier molecular flexibility index (Phi) is 6.56. The van der Waals surface area contributed by atoms with Gasteiger partial charge >= 0.3 is 0 Å². The number of pyridine rings is 1. The third-order valence-electron chi connectivity index (χ3n) is 4.25. The maximum Gasteiger partial charge on any atom is 0.258 e. The fraction of sp³-hybridized carbons (Fsp3) is 0.533. The van der Waals surface area contributed by atoms with Gasteiger partial charge in [-0.25, -0.2) is 13.4 Å². The molecule has 11 heteroatoms. The number of amides is 1. The molecule has 3 heterocycles. The summed E-state index contributed by atoms with van der Waals surface area (Å²) < 4.78 is 31.7. The van der Waals surface area contributed by atoms with Gasteiger partial charge in [-0.05, 0) is 12.5 Å². The molecule has 1 N–H and O–H groups in total. The number of carbonyl (C=O) groups is 1. The van der Waals surface area contributed by atoms with E-state index in [1.54, 1.807) is 4.90 Å². The van der Waals surface area contributed by atoms with E-state index in [9.17, 15) is 13.2 Å². The summed E-state index contributed by atoms with van der Waals surface area (Å²) in [5, 5.41) is 7.61. The smallest absolute Gasteiger partial charge is 0.258 e. The Morgan fingerprint density at radius 3 is 2.73 bits per heavy atom. The van der Waals surface area contributed by atoms with Gasteiger partial charge in [0.1, 0.15) is 4.90 Å². The largest absolute Gasteiger partial charge is 0.339 e. The zero-order valence-electron chi connectivity index (χ0n) is 14.6. The second-order valence-corrected chi connectivity index (χ2v) is 7.94. The molecule has 26 heavy (non-hydrogen) atoms. The molecule has 2 aromatic rings. The second-order valence-electron chi connectivity index (χ2n) is 5.90. The number of likely N-dealkylation sites (N-methyl/N-ethyl adjacent to an activating group) is 1. The Morgan fingerprint density at radius 1 is 1.38 bits per heavy atom. The molecule has 0 radical (unpaired) electrons. The lowest BCUT2D eigenvalue weighted by molar-refractivity contribution is -0.131. The first-order chi connectivity index (χ1) is 11.9. The van der Waals surface area contributed by atoms with Gasteiger partial charge in [0.25, 0.3) is 5.71 Å². The Morgan fingerprint density at radius 2 is 2.08 bits per heavy atom. The highest BCUT2D eigenvalue weighted by atomic mass is 35.5. The monoisotopic (exact) mass is 403 g/mol. The molecule has 1 fully saturated rings. The average Bonchev–Trinajstić information content (AvgIpc) is 3.04. The van der Waals surface area contributed by atoms with Crippen molar-refractivity contribution in [3.63, 3.8) is 0 Å². The molecular formula is C15H22ClN5O4S. The first kappa shape index (κ1) is 20.6. The maximum atomic E-state index is 12.8. The zero-order chi connectivity index (χ0) is 18.0. The van der Waals surface area contributed by atoms with E-state index < -0.39 is 10.0 Å². The van der Waals surface area contributed by atoms with Gasteiger partial charge < -0.3 is 14.7 Å². The highest BCUT2D eigenvalue weighted by Crippen LogP contribution is 2.22. The van der Waals surface area contributed by atoms with E-state index in [1.165, 1.54) is 19.3 Å². The molecule has 0 saturated carbocycles. The van der Waals surface area contributed by atoms with E-state index in [4.69, 9.17) is 4.52 Å². The van der Waals surface area contributed by atoms with E-state index in [0.29, 0.717) is 36.3 Å². The van der Waals surface area contributed by atoms with Crippen LogP contribution in [0.5, 0.6) is 0 Å². The van der Waals surface area contributed by atoms with Crippen molar-refractivity contribution in [3.05, 3.63) is 18.0 Å². The SMILES string of the molecule is CCc1noc2ncc(S(=O)(=O)N(C)CC(=O)N3CCNCC3)cc12.Cl. The standard InChI is InChI=1S/C15H21N5O4S.ClH/c1-3-13-12-8-11(9-17-15(12)24-18-13)25(22,23)19(2)10-14(21)20-6-4-16-5-7-20;/h8-9,16H,3-7,10H2,1-2H3;1H. The molecule has 1 saturated heterocycles. The Hall–Kier alpha value is -1.75. The number of piperazine rings is 1. The number of aromatic nitrogens is 2. The van der Waals surface area contributed by atoms with Crippen molar-refractivity contribution < 1.29 is 17.7 Å². The van der Waals surface area contributed by atoms with Gasteiger partial charge in [-0.1, -0.05) is 12.1 Å². The van der Waals surface area contributed by atoms with E-state index >= 15 is 0 Å². The summed E-state index contributed by atoms with van der Waals surface area (Å²) in [6.07, 6.45) is 1.84. The topological polar surface area (TPSA) is 109 Å². The van der Waals surface area contributed by atoms with Gasteiger partial charge in [-0.15, -0.1) is 12.4 Å². The Balaban J connectivity index is 0.00000243. The minimum Gasteiger partial charge on any atom is -0.339 e. The summed E-state index contributed by atoms with van der Waals surface area (Å²) in [5.74, 6) is -0.208. The molecular weight excluding hydrogens is 382 g/mol. The molecule has 0 atom stereocenters. The molecule has 3 rings (SSSR count). The Labute approximate surface area is 158 Å². The lowest BCUT2D eigenvalue weighted by atomic mass is 10.2. The van der Waals surface area contributed by atoms with Crippen LogP contribution in [0.15, 0.2) is 21.7 Å². The van der Waals surface area contributed by atoms with Crippen LogP contribution in [0.3, 0.4) is 0 Å². The van der Waals surface area contributed by atoms with Crippen LogP contribution in [0.1, 0.15) is 12.6 Å². The number of hydrogen-bond donors (Lipinski definition) is 1. The lowest BCUT2D eigenvalue weighted by Gasteiger charge is -2.29. The first-order valence-electron chi connectivity index (χ1n) is 8.12. The van der Waals surface area contributed by atoms with Gasteiger partial charge in [0.15, 0.2) is 0 Å². The third kappa shape index (κ3) is 3.98. The summed E-state index contributed by atoms with van der Waals surface area (Å²) in [7, 11) is -2.43. The molecule has 1 amide bonds. The van der Waals surface area contributed by atoms with Gasteiger partial charge in [-0.2, -0.15) is 4.31 Å². The summed E-state index contributed by atoms with van der Waals surface area (Å²) in [6.45, 7) is 4.30. The normalized spacial score (nSPS) is 15.3. The number of carbonyl (C=O) groups excluding carboxylic acids is 1. The number of fused-ring (bicyclic) bond motifs is 1. The van der Waals surface area contributed by atoms with Crippen molar-refractivity contribution >= 4 is 39.4 Å². The molecule has 0 aromatic carbocycles. The molecule has 0 aliphatic carbocycles. The van der Waals surface area contributed by atoms with Gasteiger partial charge in [0, 0.05) is 33.2 Å². The number of halogens is 1. The minimum atomic E-state index is -3.83. The van der Waals surface area contributed by atoms with E-state index in [0.717, 1.165) is 17.4 Å². The number of aryl methyl sites for hydroxylation is 1. The minimum absolute atomic E-state index is 0. The van der Waals surface area contributed by atoms with Crippen LogP contribution in [0, 0.1) is 0 Å². The first-order valence-corrected chi connectivity index (χ1v) is 9.56. The van der Waals surface area contributed by atoms with Crippen molar-refractivity contribution in [2.24, 2.45) is 0 Å². The summed E-state index contributed by atoms with van der Waals surface area (Å²) in [5.41, 5.74) is 0.953. The summed E-state index contributed by atoms with van der Waals surface area (Å²) >= 11 is 0. The van der Waals surface area contributed by atoms with Crippen LogP contribution < -0.4 is 5.32 Å². The molecule has 1 aliphatic rings. The molecule has 0 spiro atoms. The number of hydrogen-bond acceptors (Lipinski definition) is 7. The lowest BCUT2D eigenvalue weighted by Crippen LogP contribution is -2.49. The van der Waals surface area contributed by atoms with Crippen LogP contribution >= 0.6 is 12.4 Å². The molecule has 1 aliphatic heterocycles. The highest BCUT2D eigenvalue weighted by molar-refractivity contribution is 7.89. The van der Waals surface area contributed by atoms with Crippen LogP contribution in [-0.4, -0.2) is 73.4 Å². The fourth-order valence-corrected chi connectivity index (χ4v) is 3.82. The van der Waals surface area contributed by atoms with Crippen LogP contribution in [0.4, 0.5) is 0 Å². The van der Waals surface area contributed by atoms with Crippen molar-refractivity contribution in [2.45, 2.75) is 18.2 Å². The average molecular weight is 404 g/mol. The number of sulfonamides is 1. The molecule has 9 nitrogen and oxygen atoms in total. The predicted molar refractivity (Wildman–Crippen MR) is 97.7 cm³/mol. The quantitative estimate of drug-likeness (QED) is 0.762. The van der Waals surface area contributed by atoms with Crippen molar-refractivity contribution in [1.82, 2.24) is 24.7 Å². The van der Waals surface area contributed by atoms with Gasteiger partial charge in [-0.3, -0.25) is 4.79 Å². The molecule has 0 unspecified atom stereocenters. The summed E-state index contributed by atoms with van der Waals surface area (Å²) in [4.78, 5) is 18.0. The number of nitrogens with one attached hydrogen (secondary N) is 1. The predicted octanol–water partition coefficient (Wildman–Crippen LogP) is 0.259. The zero-order valence-corrected chi connectivity index (χ0v) is 16.3. The van der Waals surface area contributed by atoms with Crippen LogP contribution in [0.25, 0.3) is 11.1 Å². The Bertz CT molecular complexity index is 879. The van der Waals surface area contributed by atoms with Gasteiger partial charge in [0.05, 0.1) is 23.8 Å². The third-order valence-corrected chi connectivity index (χ3v) is 6.02. The maximum absolute atomic E-state index is 12.8. The molecule has 144 valence electrons. The van der Waals surface area contributed by atoms with E-state index in [-0.39, 0.29) is 29.8 Å². The molecule has 2 aromatic heterocycles. The van der Waals surface area contributed by atoms with Crippen molar-refractivity contribution in [3.8, 4) is 0 Å². The number of nitrogens with zero attached hydrogens (tertiary/aromatic N) is 4.